The number of pyridine rings is 1. The molecule has 0 aliphatic carbocycles. The third-order valence-electron chi connectivity index (χ3n) is 5.32. The SMILES string of the molecule is CCOc1cc(C2N=C(NC#N)Nc3nc(N)c(C#N)c(N)c32)ccc1OCc1ccc(Cl)c(Cl)c1. The number of nitriles is 2. The summed E-state index contributed by atoms with van der Waals surface area (Å²) in [6, 6.07) is 11.8. The minimum Gasteiger partial charge on any atom is -0.490 e. The minimum absolute atomic E-state index is 0.0285. The van der Waals surface area contributed by atoms with E-state index < -0.39 is 6.04 Å². The van der Waals surface area contributed by atoms with Gasteiger partial charge in [-0.25, -0.2) is 9.98 Å². The molecule has 36 heavy (non-hydrogen) atoms. The van der Waals surface area contributed by atoms with Gasteiger partial charge in [0, 0.05) is 5.56 Å². The highest BCUT2D eigenvalue weighted by Gasteiger charge is 2.30. The molecule has 1 aliphatic heterocycles. The molecule has 12 heteroatoms. The predicted molar refractivity (Wildman–Crippen MR) is 138 cm³/mol. The smallest absolute Gasteiger partial charge is 0.211 e. The molecule has 4 rings (SSSR count). The number of rotatable bonds is 6. The second-order valence-corrected chi connectivity index (χ2v) is 8.39. The largest absolute Gasteiger partial charge is 0.490 e. The molecule has 182 valence electrons. The molecule has 0 bridgehead atoms. The van der Waals surface area contributed by atoms with Crippen LogP contribution in [0.15, 0.2) is 41.4 Å². The number of nitrogens with zero attached hydrogens (tertiary/aromatic N) is 4. The number of hydrogen-bond donors (Lipinski definition) is 4. The number of nitrogen functional groups attached to an aromatic ring is 2. The highest BCUT2D eigenvalue weighted by atomic mass is 35.5. The first kappa shape index (κ1) is 24.7. The number of hydrogen-bond acceptors (Lipinski definition) is 10. The van der Waals surface area contributed by atoms with Crippen LogP contribution in [-0.2, 0) is 6.61 Å². The standard InChI is InChI=1S/C24H20Cl2N8O2/c1-2-35-18-8-13(4-6-17(18)36-10-12-3-5-15(25)16(26)7-12)21-19-20(29)14(9-27)22(30)33-23(19)34-24(32-21)31-11-28/h3-8,21H,2,10H2,1H3,(H6,29,30,31,32,33,34). The fourth-order valence-electron chi connectivity index (χ4n) is 3.69. The first-order valence-electron chi connectivity index (χ1n) is 10.7. The van der Waals surface area contributed by atoms with Gasteiger partial charge in [0.05, 0.1) is 22.3 Å². The zero-order valence-electron chi connectivity index (χ0n) is 19.0. The van der Waals surface area contributed by atoms with Gasteiger partial charge in [0.25, 0.3) is 0 Å². The Balaban J connectivity index is 1.73. The van der Waals surface area contributed by atoms with Gasteiger partial charge in [-0.05, 0) is 42.3 Å². The van der Waals surface area contributed by atoms with Gasteiger partial charge in [-0.1, -0.05) is 35.3 Å². The lowest BCUT2D eigenvalue weighted by Gasteiger charge is -2.26. The van der Waals surface area contributed by atoms with Crippen LogP contribution < -0.4 is 31.6 Å². The van der Waals surface area contributed by atoms with Crippen LogP contribution in [0, 0.1) is 22.8 Å². The summed E-state index contributed by atoms with van der Waals surface area (Å²) in [7, 11) is 0. The normalized spacial score (nSPS) is 13.9. The Hall–Kier alpha value is -4.38. The molecule has 3 aromatic rings. The number of nitrogens with one attached hydrogen (secondary N) is 2. The molecule has 0 saturated carbocycles. The van der Waals surface area contributed by atoms with Crippen molar-refractivity contribution in [2.75, 3.05) is 23.4 Å². The van der Waals surface area contributed by atoms with Crippen molar-refractivity contribution in [3.63, 3.8) is 0 Å². The van der Waals surface area contributed by atoms with Crippen LogP contribution in [0.25, 0.3) is 0 Å². The summed E-state index contributed by atoms with van der Waals surface area (Å²) in [5.74, 6) is 1.40. The number of guanidine groups is 1. The maximum atomic E-state index is 9.52. The topological polar surface area (TPSA) is 167 Å². The molecule has 10 nitrogen and oxygen atoms in total. The Labute approximate surface area is 217 Å². The van der Waals surface area contributed by atoms with Gasteiger partial charge >= 0.3 is 0 Å². The summed E-state index contributed by atoms with van der Waals surface area (Å²) in [4.78, 5) is 8.83. The van der Waals surface area contributed by atoms with Crippen LogP contribution >= 0.6 is 23.2 Å². The number of ether oxygens (including phenoxy) is 2. The van der Waals surface area contributed by atoms with Crippen molar-refractivity contribution >= 4 is 46.5 Å². The molecule has 1 aromatic heterocycles. The molecule has 1 atom stereocenters. The van der Waals surface area contributed by atoms with E-state index in [0.29, 0.717) is 45.1 Å². The number of fused-ring (bicyclic) bond motifs is 1. The van der Waals surface area contributed by atoms with Crippen LogP contribution in [-0.4, -0.2) is 17.6 Å². The van der Waals surface area contributed by atoms with E-state index in [1.165, 1.54) is 0 Å². The lowest BCUT2D eigenvalue weighted by molar-refractivity contribution is 0.269. The second-order valence-electron chi connectivity index (χ2n) is 7.58. The zero-order chi connectivity index (χ0) is 25.8. The van der Waals surface area contributed by atoms with E-state index in [9.17, 15) is 5.26 Å². The molecule has 0 fully saturated rings. The maximum absolute atomic E-state index is 9.52. The van der Waals surface area contributed by atoms with Gasteiger partial charge in [0.15, 0.2) is 17.7 Å². The number of anilines is 3. The van der Waals surface area contributed by atoms with Gasteiger partial charge in [-0.3, -0.25) is 5.32 Å². The van der Waals surface area contributed by atoms with Gasteiger partial charge in [0.2, 0.25) is 5.96 Å². The zero-order valence-corrected chi connectivity index (χ0v) is 20.5. The van der Waals surface area contributed by atoms with Crippen molar-refractivity contribution in [3.8, 4) is 23.8 Å². The van der Waals surface area contributed by atoms with E-state index in [1.54, 1.807) is 30.3 Å². The van der Waals surface area contributed by atoms with Crippen molar-refractivity contribution in [1.29, 1.82) is 10.5 Å². The van der Waals surface area contributed by atoms with Gasteiger partial charge < -0.3 is 26.3 Å². The molecular formula is C24H20Cl2N8O2. The number of benzene rings is 2. The quantitative estimate of drug-likeness (QED) is 0.271. The molecule has 2 aromatic carbocycles. The summed E-state index contributed by atoms with van der Waals surface area (Å²) in [5.41, 5.74) is 14.4. The predicted octanol–water partition coefficient (Wildman–Crippen LogP) is 4.34. The van der Waals surface area contributed by atoms with Crippen molar-refractivity contribution in [2.45, 2.75) is 19.6 Å². The average molecular weight is 523 g/mol. The molecule has 0 amide bonds. The molecule has 0 saturated heterocycles. The maximum Gasteiger partial charge on any atom is 0.211 e. The van der Waals surface area contributed by atoms with E-state index in [2.05, 4.69) is 20.6 Å². The van der Waals surface area contributed by atoms with Crippen LogP contribution in [0.2, 0.25) is 10.0 Å². The van der Waals surface area contributed by atoms with Crippen molar-refractivity contribution in [2.24, 2.45) is 4.99 Å². The van der Waals surface area contributed by atoms with E-state index >= 15 is 0 Å². The fraction of sp³-hybridized carbons (Fsp3) is 0.167. The van der Waals surface area contributed by atoms with Crippen molar-refractivity contribution in [3.05, 3.63) is 68.7 Å². The minimum atomic E-state index is -0.708. The summed E-state index contributed by atoms with van der Waals surface area (Å²) in [6.07, 6.45) is 1.82. The van der Waals surface area contributed by atoms with Crippen molar-refractivity contribution < 1.29 is 9.47 Å². The lowest BCUT2D eigenvalue weighted by atomic mass is 9.95. The summed E-state index contributed by atoms with van der Waals surface area (Å²) in [6.45, 7) is 2.48. The Bertz CT molecular complexity index is 1450. The number of aromatic nitrogens is 1. The van der Waals surface area contributed by atoms with Crippen LogP contribution in [0.1, 0.15) is 35.2 Å². The molecule has 1 aliphatic rings. The van der Waals surface area contributed by atoms with E-state index in [0.717, 1.165) is 5.56 Å². The average Bonchev–Trinajstić information content (AvgIpc) is 2.85. The number of nitrogens with two attached hydrogens (primary N) is 2. The first-order chi connectivity index (χ1) is 17.4. The molecule has 2 heterocycles. The number of halogens is 2. The van der Waals surface area contributed by atoms with E-state index in [4.69, 9.17) is 49.4 Å². The Morgan fingerprint density at radius 3 is 2.58 bits per heavy atom. The lowest BCUT2D eigenvalue weighted by Crippen LogP contribution is -2.32. The van der Waals surface area contributed by atoms with Gasteiger partial charge in [-0.15, -0.1) is 0 Å². The molecule has 0 spiro atoms. The summed E-state index contributed by atoms with van der Waals surface area (Å²) < 4.78 is 11.8. The summed E-state index contributed by atoms with van der Waals surface area (Å²) >= 11 is 12.1. The van der Waals surface area contributed by atoms with Crippen molar-refractivity contribution in [1.82, 2.24) is 10.3 Å². The third kappa shape index (κ3) is 4.86. The highest BCUT2D eigenvalue weighted by Crippen LogP contribution is 2.42. The Kier molecular flexibility index (Phi) is 7.20. The molecule has 0 radical (unpaired) electrons. The van der Waals surface area contributed by atoms with Gasteiger partial charge in [-0.2, -0.15) is 10.5 Å². The Morgan fingerprint density at radius 2 is 1.89 bits per heavy atom. The fourth-order valence-corrected chi connectivity index (χ4v) is 4.02. The highest BCUT2D eigenvalue weighted by molar-refractivity contribution is 6.42. The first-order valence-corrected chi connectivity index (χ1v) is 11.4. The van der Waals surface area contributed by atoms with E-state index in [1.807, 2.05) is 25.3 Å². The third-order valence-corrected chi connectivity index (χ3v) is 6.06. The number of aliphatic imine (C=N–C) groups is 1. The van der Waals surface area contributed by atoms with Crippen LogP contribution in [0.4, 0.5) is 17.3 Å². The van der Waals surface area contributed by atoms with E-state index in [-0.39, 0.29) is 29.6 Å². The van der Waals surface area contributed by atoms with Crippen LogP contribution in [0.3, 0.4) is 0 Å². The Morgan fingerprint density at radius 1 is 1.08 bits per heavy atom. The van der Waals surface area contributed by atoms with Crippen LogP contribution in [0.5, 0.6) is 11.5 Å². The molecule has 6 N–H and O–H groups in total. The summed E-state index contributed by atoms with van der Waals surface area (Å²) in [5, 5.41) is 24.9. The molecular weight excluding hydrogens is 503 g/mol. The second kappa shape index (κ2) is 10.5. The van der Waals surface area contributed by atoms with Gasteiger partial charge in [0.1, 0.15) is 35.9 Å². The molecule has 1 unspecified atom stereocenters. The monoisotopic (exact) mass is 522 g/mol.